The number of hydrogen-bond donors (Lipinski definition) is 1. The Morgan fingerprint density at radius 1 is 1.27 bits per heavy atom. The Balaban J connectivity index is 1.83. The minimum atomic E-state index is -1.12. The lowest BCUT2D eigenvalue weighted by atomic mass is 10.1. The number of hydrogen-bond acceptors (Lipinski definition) is 4. The number of pyridine rings is 1. The van der Waals surface area contributed by atoms with Gasteiger partial charge in [-0.25, -0.2) is 4.79 Å². The molecule has 1 aromatic heterocycles. The fraction of sp³-hybridized carbons (Fsp3) is 0.316. The highest BCUT2D eigenvalue weighted by atomic mass is 16.5. The predicted molar refractivity (Wildman–Crippen MR) is 94.3 cm³/mol. The van der Waals surface area contributed by atoms with E-state index in [9.17, 15) is 14.4 Å². The zero-order chi connectivity index (χ0) is 18.7. The van der Waals surface area contributed by atoms with Gasteiger partial charge >= 0.3 is 5.97 Å². The van der Waals surface area contributed by atoms with Crippen LogP contribution in [0.4, 0.5) is 0 Å². The molecular formula is C19H20N2O5. The molecule has 1 aliphatic heterocycles. The van der Waals surface area contributed by atoms with Crippen LogP contribution in [0.25, 0.3) is 0 Å². The number of rotatable bonds is 4. The second kappa shape index (κ2) is 7.53. The minimum Gasteiger partial charge on any atom is -0.479 e. The second-order valence-corrected chi connectivity index (χ2v) is 6.29. The zero-order valence-corrected chi connectivity index (χ0v) is 14.4. The summed E-state index contributed by atoms with van der Waals surface area (Å²) < 4.78 is 6.61. The number of carbonyl (C=O) groups is 2. The molecule has 0 radical (unpaired) electrons. The van der Waals surface area contributed by atoms with Crippen LogP contribution in [0.1, 0.15) is 21.5 Å². The fourth-order valence-corrected chi connectivity index (χ4v) is 2.98. The van der Waals surface area contributed by atoms with Crippen molar-refractivity contribution in [3.05, 3.63) is 69.6 Å². The van der Waals surface area contributed by atoms with E-state index >= 15 is 0 Å². The predicted octanol–water partition coefficient (Wildman–Crippen LogP) is 1.13. The molecule has 1 aliphatic rings. The molecule has 0 aliphatic carbocycles. The van der Waals surface area contributed by atoms with Crippen molar-refractivity contribution in [3.63, 3.8) is 0 Å². The summed E-state index contributed by atoms with van der Waals surface area (Å²) >= 11 is 0. The average molecular weight is 356 g/mol. The maximum atomic E-state index is 12.7. The van der Waals surface area contributed by atoms with E-state index in [1.54, 1.807) is 12.3 Å². The summed E-state index contributed by atoms with van der Waals surface area (Å²) in [4.78, 5) is 37.9. The third-order valence-electron chi connectivity index (χ3n) is 4.32. The fourth-order valence-electron chi connectivity index (χ4n) is 2.98. The Hall–Kier alpha value is -2.93. The highest BCUT2D eigenvalue weighted by Gasteiger charge is 2.30. The van der Waals surface area contributed by atoms with E-state index in [1.165, 1.54) is 15.5 Å². The molecule has 0 saturated carbocycles. The number of carbonyl (C=O) groups excluding carboxylic acids is 1. The van der Waals surface area contributed by atoms with E-state index in [1.807, 2.05) is 31.2 Å². The molecule has 1 atom stereocenters. The third-order valence-corrected chi connectivity index (χ3v) is 4.32. The molecule has 1 saturated heterocycles. The Morgan fingerprint density at radius 2 is 2.08 bits per heavy atom. The van der Waals surface area contributed by atoms with Crippen LogP contribution in [0.15, 0.2) is 47.4 Å². The molecule has 1 amide bonds. The largest absolute Gasteiger partial charge is 0.479 e. The molecule has 7 nitrogen and oxygen atoms in total. The van der Waals surface area contributed by atoms with Crippen molar-refractivity contribution in [3.8, 4) is 0 Å². The lowest BCUT2D eigenvalue weighted by Crippen LogP contribution is -2.49. The van der Waals surface area contributed by atoms with E-state index in [2.05, 4.69) is 0 Å². The lowest BCUT2D eigenvalue weighted by molar-refractivity contribution is -0.154. The Morgan fingerprint density at radius 3 is 2.81 bits per heavy atom. The first-order chi connectivity index (χ1) is 12.5. The normalized spacial score (nSPS) is 17.1. The number of benzene rings is 1. The number of aryl methyl sites for hydroxylation is 1. The van der Waals surface area contributed by atoms with Gasteiger partial charge in [-0.3, -0.25) is 9.59 Å². The summed E-state index contributed by atoms with van der Waals surface area (Å²) in [6.45, 7) is 2.66. The molecule has 1 fully saturated rings. The SMILES string of the molecule is Cc1cccc(Cn2cccc(C(=O)N3CCO[C@@H](C(=O)O)C3)c2=O)c1. The molecule has 3 rings (SSSR count). The average Bonchev–Trinajstić information content (AvgIpc) is 2.63. The summed E-state index contributed by atoms with van der Waals surface area (Å²) in [6.07, 6.45) is 0.576. The molecule has 136 valence electrons. The Labute approximate surface area is 150 Å². The van der Waals surface area contributed by atoms with Gasteiger partial charge < -0.3 is 19.3 Å². The summed E-state index contributed by atoms with van der Waals surface area (Å²) in [5, 5.41) is 9.06. The van der Waals surface area contributed by atoms with Crippen molar-refractivity contribution in [2.75, 3.05) is 19.7 Å². The van der Waals surface area contributed by atoms with E-state index in [0.29, 0.717) is 6.54 Å². The van der Waals surface area contributed by atoms with Gasteiger partial charge in [0.2, 0.25) is 0 Å². The van der Waals surface area contributed by atoms with Gasteiger partial charge in [0.25, 0.3) is 11.5 Å². The Bertz CT molecular complexity index is 889. The Kier molecular flexibility index (Phi) is 5.18. The van der Waals surface area contributed by atoms with E-state index in [4.69, 9.17) is 9.84 Å². The molecule has 26 heavy (non-hydrogen) atoms. The second-order valence-electron chi connectivity index (χ2n) is 6.29. The van der Waals surface area contributed by atoms with Crippen LogP contribution in [-0.2, 0) is 16.1 Å². The quantitative estimate of drug-likeness (QED) is 0.887. The van der Waals surface area contributed by atoms with Gasteiger partial charge in [0.1, 0.15) is 5.56 Å². The number of nitrogens with zero attached hydrogens (tertiary/aromatic N) is 2. The maximum Gasteiger partial charge on any atom is 0.334 e. The van der Waals surface area contributed by atoms with Gasteiger partial charge in [-0.15, -0.1) is 0 Å². The molecule has 0 spiro atoms. The molecule has 1 aromatic carbocycles. The van der Waals surface area contributed by atoms with Crippen molar-refractivity contribution in [1.82, 2.24) is 9.47 Å². The molecule has 2 aromatic rings. The minimum absolute atomic E-state index is 0.0335. The zero-order valence-electron chi connectivity index (χ0n) is 14.4. The van der Waals surface area contributed by atoms with Crippen LogP contribution in [0.5, 0.6) is 0 Å². The van der Waals surface area contributed by atoms with Crippen LogP contribution in [0.2, 0.25) is 0 Å². The third kappa shape index (κ3) is 3.83. The van der Waals surface area contributed by atoms with Gasteiger partial charge in [-0.05, 0) is 24.6 Å². The van der Waals surface area contributed by atoms with Gasteiger partial charge in [-0.2, -0.15) is 0 Å². The molecule has 7 heteroatoms. The first kappa shape index (κ1) is 17.9. The number of aromatic nitrogens is 1. The lowest BCUT2D eigenvalue weighted by Gasteiger charge is -2.30. The van der Waals surface area contributed by atoms with Gasteiger partial charge in [0, 0.05) is 12.7 Å². The van der Waals surface area contributed by atoms with Crippen LogP contribution >= 0.6 is 0 Å². The van der Waals surface area contributed by atoms with Crippen molar-refractivity contribution < 1.29 is 19.4 Å². The topological polar surface area (TPSA) is 88.8 Å². The number of carboxylic acid groups (broad SMARTS) is 1. The van der Waals surface area contributed by atoms with E-state index in [-0.39, 0.29) is 25.3 Å². The van der Waals surface area contributed by atoms with Gasteiger partial charge in [0.05, 0.1) is 19.7 Å². The first-order valence-electron chi connectivity index (χ1n) is 8.34. The monoisotopic (exact) mass is 356 g/mol. The summed E-state index contributed by atoms with van der Waals surface area (Å²) in [5.41, 5.74) is 1.70. The number of carboxylic acids is 1. The standard InChI is InChI=1S/C19H20N2O5/c1-13-4-2-5-14(10-13)11-20-7-3-6-15(17(20)22)18(23)21-8-9-26-16(12-21)19(24)25/h2-7,10,16H,8-9,11-12H2,1H3,(H,24,25)/t16-/m1/s1. The summed E-state index contributed by atoms with van der Waals surface area (Å²) in [5.74, 6) is -1.59. The maximum absolute atomic E-state index is 12.7. The van der Waals surface area contributed by atoms with Crippen LogP contribution in [0, 0.1) is 6.92 Å². The molecule has 1 N–H and O–H groups in total. The van der Waals surface area contributed by atoms with Crippen LogP contribution in [-0.4, -0.2) is 52.3 Å². The number of amides is 1. The number of morpholine rings is 1. The van der Waals surface area contributed by atoms with Crippen molar-refractivity contribution in [1.29, 1.82) is 0 Å². The molecular weight excluding hydrogens is 336 g/mol. The number of ether oxygens (including phenoxy) is 1. The van der Waals surface area contributed by atoms with Crippen molar-refractivity contribution in [2.24, 2.45) is 0 Å². The molecule has 0 unspecified atom stereocenters. The first-order valence-corrected chi connectivity index (χ1v) is 8.34. The van der Waals surface area contributed by atoms with Crippen LogP contribution < -0.4 is 5.56 Å². The summed E-state index contributed by atoms with van der Waals surface area (Å²) in [7, 11) is 0. The smallest absolute Gasteiger partial charge is 0.334 e. The highest BCUT2D eigenvalue weighted by Crippen LogP contribution is 2.10. The van der Waals surface area contributed by atoms with Gasteiger partial charge in [-0.1, -0.05) is 29.8 Å². The van der Waals surface area contributed by atoms with Crippen molar-refractivity contribution >= 4 is 11.9 Å². The van der Waals surface area contributed by atoms with E-state index in [0.717, 1.165) is 11.1 Å². The van der Waals surface area contributed by atoms with Gasteiger partial charge in [0.15, 0.2) is 6.10 Å². The molecule has 0 bridgehead atoms. The van der Waals surface area contributed by atoms with Crippen LogP contribution in [0.3, 0.4) is 0 Å². The summed E-state index contributed by atoms with van der Waals surface area (Å²) in [6, 6.07) is 10.9. The molecule has 2 heterocycles. The highest BCUT2D eigenvalue weighted by molar-refractivity contribution is 5.94. The number of aliphatic carboxylic acids is 1. The van der Waals surface area contributed by atoms with E-state index < -0.39 is 23.5 Å². The van der Waals surface area contributed by atoms with Crippen molar-refractivity contribution in [2.45, 2.75) is 19.6 Å².